The molecular formula is C22H26N2O4S. The number of nitrogens with one attached hydrogen (secondary N) is 2. The average molecular weight is 415 g/mol. The summed E-state index contributed by atoms with van der Waals surface area (Å²) in [6.45, 7) is 0. The minimum Gasteiger partial charge on any atom is -0.497 e. The van der Waals surface area contributed by atoms with Crippen molar-refractivity contribution in [1.82, 2.24) is 5.32 Å². The highest BCUT2D eigenvalue weighted by Crippen LogP contribution is 2.27. The maximum absolute atomic E-state index is 13.0. The first kappa shape index (κ1) is 21.2. The maximum atomic E-state index is 13.0. The molecule has 29 heavy (non-hydrogen) atoms. The molecule has 1 aliphatic rings. The molecule has 3 N–H and O–H groups in total. The van der Waals surface area contributed by atoms with E-state index in [1.807, 2.05) is 30.5 Å². The number of thioether (sulfide) groups is 1. The lowest BCUT2D eigenvalue weighted by Crippen LogP contribution is -2.39. The summed E-state index contributed by atoms with van der Waals surface area (Å²) < 4.78 is 5.18. The van der Waals surface area contributed by atoms with Crippen LogP contribution in [-0.4, -0.2) is 36.4 Å². The zero-order valence-corrected chi connectivity index (χ0v) is 17.4. The third kappa shape index (κ3) is 5.52. The Kier molecular flexibility index (Phi) is 7.17. The normalized spacial score (nSPS) is 19.4. The summed E-state index contributed by atoms with van der Waals surface area (Å²) in [5, 5.41) is 15.5. The SMILES string of the molecule is COc1ccc(C(NC(=O)C2CCC(O)C2)C(=O)Nc2ccc(SC)cc2)cc1. The van der Waals surface area contributed by atoms with Crippen LogP contribution in [0.3, 0.4) is 0 Å². The van der Waals surface area contributed by atoms with Crippen LogP contribution in [0.25, 0.3) is 0 Å². The van der Waals surface area contributed by atoms with E-state index in [9.17, 15) is 14.7 Å². The van der Waals surface area contributed by atoms with Crippen LogP contribution < -0.4 is 15.4 Å². The Labute approximate surface area is 175 Å². The van der Waals surface area contributed by atoms with Crippen LogP contribution >= 0.6 is 11.8 Å². The average Bonchev–Trinajstić information content (AvgIpc) is 3.19. The molecule has 0 saturated heterocycles. The molecule has 0 aromatic heterocycles. The van der Waals surface area contributed by atoms with E-state index < -0.39 is 12.1 Å². The third-order valence-electron chi connectivity index (χ3n) is 5.13. The van der Waals surface area contributed by atoms with Gasteiger partial charge in [-0.15, -0.1) is 11.8 Å². The van der Waals surface area contributed by atoms with Crippen LogP contribution in [0.4, 0.5) is 5.69 Å². The quantitative estimate of drug-likeness (QED) is 0.605. The number of carbonyl (C=O) groups excluding carboxylic acids is 2. The standard InChI is InChI=1S/C22H26N2O4S/c1-28-18-9-4-14(5-10-18)20(24-21(26)15-3-8-17(25)13-15)22(27)23-16-6-11-19(29-2)12-7-16/h4-7,9-12,15,17,20,25H,3,8,13H2,1-2H3,(H,23,27)(H,24,26). The summed E-state index contributed by atoms with van der Waals surface area (Å²) in [5.74, 6) is -0.139. The first-order valence-electron chi connectivity index (χ1n) is 9.57. The summed E-state index contributed by atoms with van der Waals surface area (Å²) in [7, 11) is 1.57. The molecule has 2 aromatic rings. The van der Waals surface area contributed by atoms with E-state index in [1.54, 1.807) is 43.1 Å². The highest BCUT2D eigenvalue weighted by atomic mass is 32.2. The predicted molar refractivity (Wildman–Crippen MR) is 114 cm³/mol. The molecule has 0 bridgehead atoms. The minimum atomic E-state index is -0.841. The van der Waals surface area contributed by atoms with Gasteiger partial charge in [0.05, 0.1) is 13.2 Å². The van der Waals surface area contributed by atoms with Crippen molar-refractivity contribution in [1.29, 1.82) is 0 Å². The van der Waals surface area contributed by atoms with Crippen molar-refractivity contribution in [3.8, 4) is 5.75 Å². The van der Waals surface area contributed by atoms with Gasteiger partial charge in [0.25, 0.3) is 5.91 Å². The van der Waals surface area contributed by atoms with Crippen molar-refractivity contribution >= 4 is 29.3 Å². The molecule has 2 amide bonds. The predicted octanol–water partition coefficient (Wildman–Crippen LogP) is 3.37. The van der Waals surface area contributed by atoms with Crippen LogP contribution in [0.1, 0.15) is 30.9 Å². The second-order valence-corrected chi connectivity index (χ2v) is 7.98. The molecule has 0 radical (unpaired) electrons. The third-order valence-corrected chi connectivity index (χ3v) is 5.87. The van der Waals surface area contributed by atoms with Gasteiger partial charge in [0.2, 0.25) is 5.91 Å². The molecule has 3 rings (SSSR count). The fourth-order valence-electron chi connectivity index (χ4n) is 3.44. The first-order valence-corrected chi connectivity index (χ1v) is 10.8. The summed E-state index contributed by atoms with van der Waals surface area (Å²) in [6, 6.07) is 13.7. The number of hydrogen-bond acceptors (Lipinski definition) is 5. The van der Waals surface area contributed by atoms with E-state index in [0.29, 0.717) is 36.3 Å². The fraction of sp³-hybridized carbons (Fsp3) is 0.364. The van der Waals surface area contributed by atoms with Crippen LogP contribution in [0, 0.1) is 5.92 Å². The van der Waals surface area contributed by atoms with E-state index in [0.717, 1.165) is 4.90 Å². The second kappa shape index (κ2) is 9.80. The summed E-state index contributed by atoms with van der Waals surface area (Å²) in [5.41, 5.74) is 1.33. The molecule has 3 atom stereocenters. The highest BCUT2D eigenvalue weighted by molar-refractivity contribution is 7.98. The Morgan fingerprint density at radius 1 is 1.10 bits per heavy atom. The summed E-state index contributed by atoms with van der Waals surface area (Å²) in [6.07, 6.45) is 3.20. The molecule has 3 unspecified atom stereocenters. The van der Waals surface area contributed by atoms with E-state index in [-0.39, 0.29) is 17.7 Å². The van der Waals surface area contributed by atoms with Gasteiger partial charge in [0.1, 0.15) is 11.8 Å². The molecule has 0 heterocycles. The lowest BCUT2D eigenvalue weighted by Gasteiger charge is -2.21. The van der Waals surface area contributed by atoms with Crippen LogP contribution in [-0.2, 0) is 9.59 Å². The van der Waals surface area contributed by atoms with E-state index in [1.165, 1.54) is 0 Å². The minimum absolute atomic E-state index is 0.213. The Hall–Kier alpha value is -2.51. The van der Waals surface area contributed by atoms with Gasteiger partial charge in [-0.25, -0.2) is 0 Å². The van der Waals surface area contributed by atoms with Crippen molar-refractivity contribution in [2.45, 2.75) is 36.3 Å². The molecule has 7 heteroatoms. The Balaban J connectivity index is 1.78. The number of amides is 2. The van der Waals surface area contributed by atoms with E-state index in [4.69, 9.17) is 4.74 Å². The fourth-order valence-corrected chi connectivity index (χ4v) is 3.85. The number of hydrogen-bond donors (Lipinski definition) is 3. The number of aliphatic hydroxyl groups excluding tert-OH is 1. The molecule has 1 aliphatic carbocycles. The zero-order valence-electron chi connectivity index (χ0n) is 16.6. The Morgan fingerprint density at radius 2 is 1.79 bits per heavy atom. The van der Waals surface area contributed by atoms with Crippen LogP contribution in [0.15, 0.2) is 53.4 Å². The van der Waals surface area contributed by atoms with Crippen molar-refractivity contribution < 1.29 is 19.4 Å². The topological polar surface area (TPSA) is 87.7 Å². The lowest BCUT2D eigenvalue weighted by molar-refractivity contribution is -0.129. The smallest absolute Gasteiger partial charge is 0.251 e. The number of anilines is 1. The van der Waals surface area contributed by atoms with Gasteiger partial charge in [-0.2, -0.15) is 0 Å². The summed E-state index contributed by atoms with van der Waals surface area (Å²) >= 11 is 1.62. The summed E-state index contributed by atoms with van der Waals surface area (Å²) in [4.78, 5) is 26.8. The number of ether oxygens (including phenoxy) is 1. The zero-order chi connectivity index (χ0) is 20.8. The largest absolute Gasteiger partial charge is 0.497 e. The first-order chi connectivity index (χ1) is 14.0. The Bertz CT molecular complexity index is 839. The van der Waals surface area contributed by atoms with Crippen molar-refractivity contribution in [2.75, 3.05) is 18.7 Å². The number of benzene rings is 2. The lowest BCUT2D eigenvalue weighted by atomic mass is 10.0. The number of rotatable bonds is 7. The second-order valence-electron chi connectivity index (χ2n) is 7.10. The molecule has 0 spiro atoms. The van der Waals surface area contributed by atoms with Crippen molar-refractivity contribution in [3.63, 3.8) is 0 Å². The van der Waals surface area contributed by atoms with Gasteiger partial charge in [-0.1, -0.05) is 12.1 Å². The molecular weight excluding hydrogens is 388 g/mol. The van der Waals surface area contributed by atoms with Crippen LogP contribution in [0.2, 0.25) is 0 Å². The maximum Gasteiger partial charge on any atom is 0.251 e. The van der Waals surface area contributed by atoms with Gasteiger partial charge in [-0.05, 0) is 67.5 Å². The van der Waals surface area contributed by atoms with Gasteiger partial charge in [-0.3, -0.25) is 9.59 Å². The van der Waals surface area contributed by atoms with Crippen LogP contribution in [0.5, 0.6) is 5.75 Å². The van der Waals surface area contributed by atoms with Gasteiger partial charge < -0.3 is 20.5 Å². The van der Waals surface area contributed by atoms with Gasteiger partial charge in [0.15, 0.2) is 0 Å². The Morgan fingerprint density at radius 3 is 2.34 bits per heavy atom. The molecule has 2 aromatic carbocycles. The van der Waals surface area contributed by atoms with Crippen molar-refractivity contribution in [3.05, 3.63) is 54.1 Å². The highest BCUT2D eigenvalue weighted by Gasteiger charge is 2.32. The molecule has 0 aliphatic heterocycles. The van der Waals surface area contributed by atoms with Crippen molar-refractivity contribution in [2.24, 2.45) is 5.92 Å². The molecule has 1 saturated carbocycles. The molecule has 1 fully saturated rings. The number of carbonyl (C=O) groups is 2. The molecule has 154 valence electrons. The monoisotopic (exact) mass is 414 g/mol. The molecule has 6 nitrogen and oxygen atoms in total. The van der Waals surface area contributed by atoms with Gasteiger partial charge >= 0.3 is 0 Å². The number of aliphatic hydroxyl groups is 1. The van der Waals surface area contributed by atoms with E-state index in [2.05, 4.69) is 10.6 Å². The number of methoxy groups -OCH3 is 1. The van der Waals surface area contributed by atoms with E-state index >= 15 is 0 Å². The van der Waals surface area contributed by atoms with Gasteiger partial charge in [0, 0.05) is 16.5 Å².